The molecule has 0 aliphatic carbocycles. The lowest BCUT2D eigenvalue weighted by Gasteiger charge is -2.10. The van der Waals surface area contributed by atoms with Crippen LogP contribution in [0.4, 0.5) is 10.1 Å². The standard InChI is InChI=1S/C15H15BrFN/c1-10-3-5-13(17)8-15(10)18-9-12-4-6-14(16)11(2)7-12/h3-8,18H,9H2,1-2H3. The maximum absolute atomic E-state index is 13.1. The number of rotatable bonds is 3. The molecule has 0 atom stereocenters. The normalized spacial score (nSPS) is 10.4. The van der Waals surface area contributed by atoms with Gasteiger partial charge >= 0.3 is 0 Å². The third kappa shape index (κ3) is 3.10. The Morgan fingerprint density at radius 1 is 1.06 bits per heavy atom. The summed E-state index contributed by atoms with van der Waals surface area (Å²) in [5.74, 6) is -0.213. The molecule has 18 heavy (non-hydrogen) atoms. The minimum atomic E-state index is -0.213. The number of nitrogens with one attached hydrogen (secondary N) is 1. The first-order valence-corrected chi connectivity index (χ1v) is 6.60. The van der Waals surface area contributed by atoms with E-state index in [1.54, 1.807) is 6.07 Å². The highest BCUT2D eigenvalue weighted by atomic mass is 79.9. The fraction of sp³-hybridized carbons (Fsp3) is 0.200. The van der Waals surface area contributed by atoms with Crippen molar-refractivity contribution >= 4 is 21.6 Å². The molecule has 94 valence electrons. The zero-order valence-corrected chi connectivity index (χ0v) is 12.0. The first-order chi connectivity index (χ1) is 8.56. The zero-order chi connectivity index (χ0) is 13.1. The van der Waals surface area contributed by atoms with E-state index in [9.17, 15) is 4.39 Å². The second-order valence-corrected chi connectivity index (χ2v) is 5.25. The van der Waals surface area contributed by atoms with Gasteiger partial charge in [0.2, 0.25) is 0 Å². The average Bonchev–Trinajstić information content (AvgIpc) is 2.34. The van der Waals surface area contributed by atoms with Crippen molar-refractivity contribution in [1.29, 1.82) is 0 Å². The average molecular weight is 308 g/mol. The van der Waals surface area contributed by atoms with Gasteiger partial charge in [-0.3, -0.25) is 0 Å². The Bertz CT molecular complexity index is 566. The van der Waals surface area contributed by atoms with Gasteiger partial charge in [-0.2, -0.15) is 0 Å². The highest BCUT2D eigenvalue weighted by Gasteiger charge is 2.01. The van der Waals surface area contributed by atoms with Gasteiger partial charge in [-0.25, -0.2) is 4.39 Å². The van der Waals surface area contributed by atoms with Gasteiger partial charge in [-0.05, 0) is 48.7 Å². The van der Waals surface area contributed by atoms with Gasteiger partial charge < -0.3 is 5.32 Å². The molecule has 0 saturated heterocycles. The summed E-state index contributed by atoms with van der Waals surface area (Å²) in [6.07, 6.45) is 0. The van der Waals surface area contributed by atoms with Gasteiger partial charge in [0.1, 0.15) is 5.82 Å². The maximum Gasteiger partial charge on any atom is 0.125 e. The predicted octanol–water partition coefficient (Wildman–Crippen LogP) is 4.82. The fourth-order valence-corrected chi connectivity index (χ4v) is 2.05. The first kappa shape index (κ1) is 13.1. The number of aryl methyl sites for hydroxylation is 2. The van der Waals surface area contributed by atoms with Crippen LogP contribution in [0.1, 0.15) is 16.7 Å². The van der Waals surface area contributed by atoms with E-state index in [2.05, 4.69) is 40.3 Å². The molecule has 0 bridgehead atoms. The highest BCUT2D eigenvalue weighted by Crippen LogP contribution is 2.20. The molecule has 0 saturated carbocycles. The summed E-state index contributed by atoms with van der Waals surface area (Å²) in [4.78, 5) is 0. The van der Waals surface area contributed by atoms with Crippen molar-refractivity contribution in [3.63, 3.8) is 0 Å². The molecule has 0 fully saturated rings. The summed E-state index contributed by atoms with van der Waals surface area (Å²) >= 11 is 3.48. The second-order valence-electron chi connectivity index (χ2n) is 4.40. The van der Waals surface area contributed by atoms with Crippen LogP contribution in [0.3, 0.4) is 0 Å². The molecule has 1 nitrogen and oxygen atoms in total. The van der Waals surface area contributed by atoms with E-state index in [-0.39, 0.29) is 5.82 Å². The molecule has 0 amide bonds. The van der Waals surface area contributed by atoms with Crippen LogP contribution in [-0.4, -0.2) is 0 Å². The van der Waals surface area contributed by atoms with Crippen LogP contribution in [0.2, 0.25) is 0 Å². The van der Waals surface area contributed by atoms with Crippen LogP contribution >= 0.6 is 15.9 Å². The molecule has 0 aliphatic heterocycles. The van der Waals surface area contributed by atoms with Gasteiger partial charge in [-0.15, -0.1) is 0 Å². The zero-order valence-electron chi connectivity index (χ0n) is 10.4. The molecule has 2 aromatic carbocycles. The Kier molecular flexibility index (Phi) is 4.02. The van der Waals surface area contributed by atoms with Crippen molar-refractivity contribution in [3.05, 3.63) is 63.4 Å². The van der Waals surface area contributed by atoms with Crippen LogP contribution in [-0.2, 0) is 6.54 Å². The van der Waals surface area contributed by atoms with Gasteiger partial charge in [0.25, 0.3) is 0 Å². The number of halogens is 2. The van der Waals surface area contributed by atoms with Crippen molar-refractivity contribution in [2.45, 2.75) is 20.4 Å². The van der Waals surface area contributed by atoms with Crippen LogP contribution in [0, 0.1) is 19.7 Å². The largest absolute Gasteiger partial charge is 0.381 e. The van der Waals surface area contributed by atoms with Crippen molar-refractivity contribution in [2.75, 3.05) is 5.32 Å². The molecule has 0 aromatic heterocycles. The van der Waals surface area contributed by atoms with Crippen LogP contribution in [0.15, 0.2) is 40.9 Å². The Balaban J connectivity index is 2.11. The number of anilines is 1. The summed E-state index contributed by atoms with van der Waals surface area (Å²) in [5.41, 5.74) is 4.27. The molecule has 0 aliphatic rings. The monoisotopic (exact) mass is 307 g/mol. The summed E-state index contributed by atoms with van der Waals surface area (Å²) in [7, 11) is 0. The lowest BCUT2D eigenvalue weighted by Crippen LogP contribution is -2.01. The minimum Gasteiger partial charge on any atom is -0.381 e. The number of hydrogen-bond acceptors (Lipinski definition) is 1. The van der Waals surface area contributed by atoms with Gasteiger partial charge in [0, 0.05) is 16.7 Å². The Hall–Kier alpha value is -1.35. The maximum atomic E-state index is 13.1. The molecule has 3 heteroatoms. The Labute approximate surface area is 115 Å². The van der Waals surface area contributed by atoms with E-state index in [1.807, 2.05) is 13.0 Å². The van der Waals surface area contributed by atoms with Crippen LogP contribution < -0.4 is 5.32 Å². The number of benzene rings is 2. The van der Waals surface area contributed by atoms with Crippen molar-refractivity contribution < 1.29 is 4.39 Å². The van der Waals surface area contributed by atoms with Gasteiger partial charge in [0.15, 0.2) is 0 Å². The van der Waals surface area contributed by atoms with E-state index in [0.29, 0.717) is 6.54 Å². The summed E-state index contributed by atoms with van der Waals surface area (Å²) in [6, 6.07) is 11.0. The summed E-state index contributed by atoms with van der Waals surface area (Å²) in [5, 5.41) is 3.26. The molecule has 0 radical (unpaired) electrons. The van der Waals surface area contributed by atoms with Gasteiger partial charge in [0.05, 0.1) is 0 Å². The number of hydrogen-bond donors (Lipinski definition) is 1. The fourth-order valence-electron chi connectivity index (χ4n) is 1.80. The van der Waals surface area contributed by atoms with E-state index < -0.39 is 0 Å². The van der Waals surface area contributed by atoms with E-state index >= 15 is 0 Å². The molecule has 0 heterocycles. The van der Waals surface area contributed by atoms with E-state index in [4.69, 9.17) is 0 Å². The van der Waals surface area contributed by atoms with Crippen LogP contribution in [0.5, 0.6) is 0 Å². The lowest BCUT2D eigenvalue weighted by atomic mass is 10.1. The highest BCUT2D eigenvalue weighted by molar-refractivity contribution is 9.10. The molecule has 2 rings (SSSR count). The molecule has 0 spiro atoms. The quantitative estimate of drug-likeness (QED) is 0.857. The van der Waals surface area contributed by atoms with E-state index in [1.165, 1.54) is 23.3 Å². The molecule has 0 unspecified atom stereocenters. The SMILES string of the molecule is Cc1cc(CNc2cc(F)ccc2C)ccc1Br. The lowest BCUT2D eigenvalue weighted by molar-refractivity contribution is 0.628. The third-order valence-electron chi connectivity index (χ3n) is 2.90. The minimum absolute atomic E-state index is 0.213. The molecular weight excluding hydrogens is 293 g/mol. The van der Waals surface area contributed by atoms with Crippen LogP contribution in [0.25, 0.3) is 0 Å². The summed E-state index contributed by atoms with van der Waals surface area (Å²) < 4.78 is 14.2. The predicted molar refractivity (Wildman–Crippen MR) is 77.3 cm³/mol. The Morgan fingerprint density at radius 3 is 2.56 bits per heavy atom. The first-order valence-electron chi connectivity index (χ1n) is 5.81. The van der Waals surface area contributed by atoms with E-state index in [0.717, 1.165) is 15.7 Å². The van der Waals surface area contributed by atoms with Crippen molar-refractivity contribution in [1.82, 2.24) is 0 Å². The topological polar surface area (TPSA) is 12.0 Å². The molecule has 1 N–H and O–H groups in total. The molecule has 2 aromatic rings. The van der Waals surface area contributed by atoms with Crippen molar-refractivity contribution in [2.24, 2.45) is 0 Å². The van der Waals surface area contributed by atoms with Crippen molar-refractivity contribution in [3.8, 4) is 0 Å². The smallest absolute Gasteiger partial charge is 0.125 e. The summed E-state index contributed by atoms with van der Waals surface area (Å²) in [6.45, 7) is 4.72. The Morgan fingerprint density at radius 2 is 1.83 bits per heavy atom. The third-order valence-corrected chi connectivity index (χ3v) is 3.79. The molecular formula is C15H15BrFN. The second kappa shape index (κ2) is 5.53. The van der Waals surface area contributed by atoms with Gasteiger partial charge in [-0.1, -0.05) is 34.1 Å².